The Hall–Kier alpha value is -1.75. The van der Waals surface area contributed by atoms with Crippen LogP contribution >= 0.6 is 11.6 Å². The summed E-state index contributed by atoms with van der Waals surface area (Å²) in [6.07, 6.45) is 0.834. The number of hydrogen-bond acceptors (Lipinski definition) is 4. The third-order valence-corrected chi connectivity index (χ3v) is 2.11. The van der Waals surface area contributed by atoms with Crippen molar-refractivity contribution in [2.75, 3.05) is 0 Å². The Morgan fingerprint density at radius 2 is 2.20 bits per heavy atom. The topological polar surface area (TPSA) is 77.0 Å². The lowest BCUT2D eigenvalue weighted by Gasteiger charge is -1.96. The molecule has 0 aliphatic carbocycles. The number of benzene rings is 1. The van der Waals surface area contributed by atoms with E-state index in [0.29, 0.717) is 16.2 Å². The number of aliphatic hydroxyl groups is 1. The summed E-state index contributed by atoms with van der Waals surface area (Å²) < 4.78 is 0. The minimum Gasteiger partial charge on any atom is -0.514 e. The number of nitrogens with zero attached hydrogens (tertiary/aromatic N) is 3. The minimum atomic E-state index is 0.253. The molecule has 0 saturated heterocycles. The third kappa shape index (κ3) is 2.02. The number of rotatable bonds is 2. The van der Waals surface area contributed by atoms with Gasteiger partial charge < -0.3 is 10.8 Å². The first-order valence-electron chi connectivity index (χ1n) is 4.28. The molecule has 0 fully saturated rings. The Kier molecular flexibility index (Phi) is 2.47. The quantitative estimate of drug-likeness (QED) is 0.757. The average Bonchev–Trinajstić information content (AvgIpc) is 2.59. The van der Waals surface area contributed by atoms with E-state index in [1.807, 2.05) is 0 Å². The van der Waals surface area contributed by atoms with E-state index in [1.54, 1.807) is 18.2 Å². The smallest absolute Gasteiger partial charge is 0.114 e. The van der Waals surface area contributed by atoms with Gasteiger partial charge in [0.05, 0.1) is 12.0 Å². The second-order valence-electron chi connectivity index (χ2n) is 3.07. The second kappa shape index (κ2) is 3.78. The van der Waals surface area contributed by atoms with Crippen molar-refractivity contribution in [1.29, 1.82) is 0 Å². The van der Waals surface area contributed by atoms with Gasteiger partial charge in [0.1, 0.15) is 17.6 Å². The molecule has 2 aromatic rings. The molecule has 0 spiro atoms. The molecule has 6 heteroatoms. The summed E-state index contributed by atoms with van der Waals surface area (Å²) >= 11 is 5.81. The molecule has 3 N–H and O–H groups in total. The van der Waals surface area contributed by atoms with Crippen LogP contribution in [0.5, 0.6) is 0 Å². The lowest BCUT2D eigenvalue weighted by Crippen LogP contribution is -2.10. The maximum absolute atomic E-state index is 8.64. The van der Waals surface area contributed by atoms with Crippen LogP contribution in [0.15, 0.2) is 30.2 Å². The number of allylic oxidation sites excluding steroid dienone is 1. The van der Waals surface area contributed by atoms with Gasteiger partial charge in [-0.3, -0.25) is 0 Å². The largest absolute Gasteiger partial charge is 0.514 e. The normalized spacial score (nSPS) is 12.2. The van der Waals surface area contributed by atoms with Crippen molar-refractivity contribution < 1.29 is 5.11 Å². The molecule has 0 radical (unpaired) electrons. The van der Waals surface area contributed by atoms with E-state index in [0.717, 1.165) is 11.8 Å². The molecule has 0 amide bonds. The molecule has 0 saturated carbocycles. The van der Waals surface area contributed by atoms with Gasteiger partial charge >= 0.3 is 0 Å². The Bertz CT molecular complexity index is 520. The van der Waals surface area contributed by atoms with E-state index < -0.39 is 0 Å². The van der Waals surface area contributed by atoms with Crippen LogP contribution in [0.4, 0.5) is 0 Å². The van der Waals surface area contributed by atoms with Crippen LogP contribution < -0.4 is 5.73 Å². The van der Waals surface area contributed by atoms with Gasteiger partial charge in [0.2, 0.25) is 0 Å². The fourth-order valence-corrected chi connectivity index (χ4v) is 1.37. The minimum absolute atomic E-state index is 0.253. The van der Waals surface area contributed by atoms with Gasteiger partial charge in [-0.25, -0.2) is 0 Å². The van der Waals surface area contributed by atoms with Crippen molar-refractivity contribution >= 4 is 22.6 Å². The molecule has 2 rings (SSSR count). The maximum Gasteiger partial charge on any atom is 0.114 e. The predicted molar refractivity (Wildman–Crippen MR) is 57.4 cm³/mol. The van der Waals surface area contributed by atoms with Crippen LogP contribution in [0.1, 0.15) is 0 Å². The van der Waals surface area contributed by atoms with Crippen LogP contribution in [-0.2, 0) is 6.54 Å². The molecule has 15 heavy (non-hydrogen) atoms. The molecule has 1 aromatic heterocycles. The SMILES string of the molecule is N/C(=C\O)Cn1nc2ccc(Cl)cc2n1. The van der Waals surface area contributed by atoms with Crippen LogP contribution in [0.3, 0.4) is 0 Å². The first-order valence-corrected chi connectivity index (χ1v) is 4.66. The first kappa shape index (κ1) is 9.79. The highest BCUT2D eigenvalue weighted by atomic mass is 35.5. The standard InChI is InChI=1S/C9H9ClN4O/c10-6-1-2-8-9(3-6)13-14(12-8)4-7(11)5-15/h1-3,5,15H,4,11H2/b7-5-. The van der Waals surface area contributed by atoms with Crippen LogP contribution in [-0.4, -0.2) is 20.1 Å². The van der Waals surface area contributed by atoms with Gasteiger partial charge in [0.15, 0.2) is 0 Å². The maximum atomic E-state index is 8.64. The molecule has 0 bridgehead atoms. The Morgan fingerprint density at radius 1 is 1.47 bits per heavy atom. The summed E-state index contributed by atoms with van der Waals surface area (Å²) in [6.45, 7) is 0.253. The molecule has 1 heterocycles. The highest BCUT2D eigenvalue weighted by Crippen LogP contribution is 2.15. The zero-order valence-electron chi connectivity index (χ0n) is 7.76. The van der Waals surface area contributed by atoms with Crippen molar-refractivity contribution in [1.82, 2.24) is 15.0 Å². The molecule has 0 atom stereocenters. The monoisotopic (exact) mass is 224 g/mol. The van der Waals surface area contributed by atoms with Crippen molar-refractivity contribution in [3.8, 4) is 0 Å². The summed E-state index contributed by atoms with van der Waals surface area (Å²) in [5.74, 6) is 0. The zero-order chi connectivity index (χ0) is 10.8. The Labute approximate surface area is 90.8 Å². The van der Waals surface area contributed by atoms with E-state index in [-0.39, 0.29) is 6.54 Å². The highest BCUT2D eigenvalue weighted by molar-refractivity contribution is 6.31. The molecular weight excluding hydrogens is 216 g/mol. The van der Waals surface area contributed by atoms with Crippen LogP contribution in [0, 0.1) is 0 Å². The van der Waals surface area contributed by atoms with E-state index in [9.17, 15) is 0 Å². The summed E-state index contributed by atoms with van der Waals surface area (Å²) in [5, 5.41) is 17.6. The first-order chi connectivity index (χ1) is 7.19. The summed E-state index contributed by atoms with van der Waals surface area (Å²) in [5.41, 5.74) is 7.18. The Morgan fingerprint density at radius 3 is 2.93 bits per heavy atom. The molecular formula is C9H9ClN4O. The lowest BCUT2D eigenvalue weighted by atomic mass is 10.3. The molecule has 0 aliphatic heterocycles. The van der Waals surface area contributed by atoms with Crippen molar-refractivity contribution in [2.45, 2.75) is 6.54 Å². The van der Waals surface area contributed by atoms with E-state index in [2.05, 4.69) is 10.2 Å². The third-order valence-electron chi connectivity index (χ3n) is 1.87. The second-order valence-corrected chi connectivity index (χ2v) is 3.50. The molecule has 78 valence electrons. The number of fused-ring (bicyclic) bond motifs is 1. The van der Waals surface area contributed by atoms with E-state index >= 15 is 0 Å². The molecule has 5 nitrogen and oxygen atoms in total. The number of aromatic nitrogens is 3. The zero-order valence-corrected chi connectivity index (χ0v) is 8.52. The van der Waals surface area contributed by atoms with E-state index in [1.165, 1.54) is 4.80 Å². The van der Waals surface area contributed by atoms with Gasteiger partial charge in [0.25, 0.3) is 0 Å². The van der Waals surface area contributed by atoms with Crippen molar-refractivity contribution in [3.63, 3.8) is 0 Å². The van der Waals surface area contributed by atoms with Crippen molar-refractivity contribution in [2.24, 2.45) is 5.73 Å². The van der Waals surface area contributed by atoms with Gasteiger partial charge in [0, 0.05) is 5.02 Å². The van der Waals surface area contributed by atoms with Crippen molar-refractivity contribution in [3.05, 3.63) is 35.2 Å². The number of hydrogen-bond donors (Lipinski definition) is 2. The van der Waals surface area contributed by atoms with Crippen LogP contribution in [0.2, 0.25) is 5.02 Å². The van der Waals surface area contributed by atoms with Gasteiger partial charge in [-0.15, -0.1) is 0 Å². The highest BCUT2D eigenvalue weighted by Gasteiger charge is 2.03. The van der Waals surface area contributed by atoms with E-state index in [4.69, 9.17) is 22.4 Å². The van der Waals surface area contributed by atoms with Gasteiger partial charge in [-0.2, -0.15) is 15.0 Å². The molecule has 1 aromatic carbocycles. The average molecular weight is 225 g/mol. The fraction of sp³-hybridized carbons (Fsp3) is 0.111. The summed E-state index contributed by atoms with van der Waals surface area (Å²) in [7, 11) is 0. The molecule has 0 unspecified atom stereocenters. The summed E-state index contributed by atoms with van der Waals surface area (Å²) in [4.78, 5) is 1.41. The number of aliphatic hydroxyl groups excluding tert-OH is 1. The predicted octanol–water partition coefficient (Wildman–Crippen LogP) is 1.44. The molecule has 0 aliphatic rings. The fourth-order valence-electron chi connectivity index (χ4n) is 1.21. The number of nitrogens with two attached hydrogens (primary N) is 1. The number of halogens is 1. The van der Waals surface area contributed by atoms with Crippen LogP contribution in [0.25, 0.3) is 11.0 Å². The summed E-state index contributed by atoms with van der Waals surface area (Å²) in [6, 6.07) is 5.24. The Balaban J connectivity index is 2.39. The van der Waals surface area contributed by atoms with Gasteiger partial charge in [-0.1, -0.05) is 11.6 Å². The van der Waals surface area contributed by atoms with Gasteiger partial charge in [-0.05, 0) is 18.2 Å². The lowest BCUT2D eigenvalue weighted by molar-refractivity contribution is 0.455.